The summed E-state index contributed by atoms with van der Waals surface area (Å²) in [4.78, 5) is 134. The Morgan fingerprint density at radius 1 is 0.412 bits per heavy atom. The Morgan fingerprint density at radius 3 is 1.03 bits per heavy atom. The molecule has 0 radical (unpaired) electrons. The molecule has 0 unspecified atom stereocenters. The fraction of sp³-hybridized carbons (Fsp3) is 0.639. The Bertz CT molecular complexity index is 3900. The first-order chi connectivity index (χ1) is 57.3. The number of nitrogens with two attached hydrogens (primary N) is 1. The van der Waals surface area contributed by atoms with Gasteiger partial charge in [0.15, 0.2) is 40.6 Å². The lowest BCUT2D eigenvalue weighted by Crippen LogP contribution is -2.43. The number of aliphatic hydroxyl groups is 2. The van der Waals surface area contributed by atoms with Gasteiger partial charge in [0.2, 0.25) is 5.91 Å². The summed E-state index contributed by atoms with van der Waals surface area (Å²) in [6, 6.07) is 15.4. The summed E-state index contributed by atoms with van der Waals surface area (Å²) in [5.41, 5.74) is 7.63. The molecule has 0 fully saturated rings. The van der Waals surface area contributed by atoms with Gasteiger partial charge in [-0.2, -0.15) is 0 Å². The number of aromatic nitrogens is 6. The molecule has 6 rings (SSSR count). The molecule has 0 bridgehead atoms. The third kappa shape index (κ3) is 44.3. The number of Topliss-reactive ketones (excluding diaryl/α,β-unsaturated/α-hetero) is 5. The number of pyridine rings is 2. The van der Waals surface area contributed by atoms with E-state index < -0.39 is 40.5 Å². The lowest BCUT2D eigenvalue weighted by Gasteiger charge is -2.33. The summed E-state index contributed by atoms with van der Waals surface area (Å²) in [6.45, 7) is 18.5. The molecule has 0 aliphatic heterocycles. The largest absolute Gasteiger partial charge is 0.481 e. The molecule has 0 saturated heterocycles. The van der Waals surface area contributed by atoms with Crippen molar-refractivity contribution in [2.24, 2.45) is 5.41 Å². The van der Waals surface area contributed by atoms with E-state index in [1.165, 1.54) is 0 Å². The quantitative estimate of drug-likeness (QED) is 0.0166. The Balaban J connectivity index is 0.000000498. The van der Waals surface area contributed by atoms with Crippen molar-refractivity contribution < 1.29 is 137 Å². The molecule has 4 aromatic heterocycles. The number of ether oxygens (including phenoxy) is 12. The highest BCUT2D eigenvalue weighted by atomic mass is 16.6. The number of hydrogen-bond donors (Lipinski definition) is 8. The molecule has 0 aliphatic carbocycles. The van der Waals surface area contributed by atoms with Crippen molar-refractivity contribution in [2.45, 2.75) is 196 Å². The van der Waals surface area contributed by atoms with E-state index in [9.17, 15) is 58.2 Å². The molecule has 36 nitrogen and oxygen atoms in total. The summed E-state index contributed by atoms with van der Waals surface area (Å²) in [5, 5.41) is 60.6. The van der Waals surface area contributed by atoms with Crippen LogP contribution in [0.3, 0.4) is 0 Å². The van der Waals surface area contributed by atoms with E-state index in [1.807, 2.05) is 78.4 Å². The molecule has 0 saturated carbocycles. The number of aliphatic carboxylic acids is 4. The molecule has 36 heteroatoms. The minimum Gasteiger partial charge on any atom is -0.481 e. The van der Waals surface area contributed by atoms with Crippen molar-refractivity contribution in [2.75, 3.05) is 156 Å². The number of carboxylic acids is 4. The molecular weight excluding hydrogens is 1560 g/mol. The maximum atomic E-state index is 12.8. The number of imidazole rings is 2. The van der Waals surface area contributed by atoms with Crippen LogP contribution in [0.4, 0.5) is 11.6 Å². The second-order valence-corrected chi connectivity index (χ2v) is 28.8. The lowest BCUT2D eigenvalue weighted by atomic mass is 9.92. The van der Waals surface area contributed by atoms with Gasteiger partial charge >= 0.3 is 23.9 Å². The maximum Gasteiger partial charge on any atom is 0.303 e. The number of benzene rings is 2. The monoisotopic (exact) mass is 1680 g/mol. The van der Waals surface area contributed by atoms with Crippen LogP contribution in [0.15, 0.2) is 48.5 Å². The van der Waals surface area contributed by atoms with Crippen molar-refractivity contribution in [3.8, 4) is 0 Å². The third-order valence-corrected chi connectivity index (χ3v) is 16.8. The zero-order valence-corrected chi connectivity index (χ0v) is 70.2. The van der Waals surface area contributed by atoms with Crippen LogP contribution in [0, 0.1) is 5.41 Å². The fourth-order valence-electron chi connectivity index (χ4n) is 11.4. The van der Waals surface area contributed by atoms with Gasteiger partial charge in [0.1, 0.15) is 68.9 Å². The van der Waals surface area contributed by atoms with E-state index in [0.29, 0.717) is 100 Å². The first kappa shape index (κ1) is 102. The number of nitrogens with zero attached hydrogens (tertiary/aromatic N) is 6. The van der Waals surface area contributed by atoms with Gasteiger partial charge in [0.05, 0.1) is 144 Å². The minimum absolute atomic E-state index is 0.00230. The molecule has 0 aliphatic rings. The Hall–Kier alpha value is -8.86. The first-order valence-electron chi connectivity index (χ1n) is 40.7. The molecule has 2 aromatic carbocycles. The average Bonchev–Trinajstić information content (AvgIpc) is 1.60. The zero-order valence-electron chi connectivity index (χ0n) is 71.2. The molecule has 0 atom stereocenters. The number of nitrogen functional groups attached to an aromatic ring is 1. The molecule has 6 aromatic rings. The standard InChI is InChI=1S/C37H60O20.C27H38N4O6.C17H22N4O2.C2H6/c38-29(5-1-9-33(42)43)21-50-13-17-54-25-37(26-55-18-14-51-22-30(39)6-2-10-34(44)45,27-56-19-15-52-23-31(40)7-3-11-35(46)47)28-57-20-16-53-24-32(41)8-4-12-36(48)49;1-5-35-14-15-37-16-19(32)10-9-13-23(33)30-26-24-25(20-11-7-8-12-21(20)28-26)31(18-27(3,4)34)22(29-24)17-36-6-2;1-4-23-9-13-20-14-15(21(13)10-17(2,3)22)11-7-5-6-8-12(11)19-16(14)18;1-2/h1-28H2,(H,42,43)(H,44,45)(H,46,47)(H,48,49);7-8,11-12,34H,5-6,9-10,13-18H2,1-4H3,(H,28,30,33);5-8,22H,4,9-10H2,1-3H3,(H2,18,19);1-2H3/i;;;1D. The van der Waals surface area contributed by atoms with Crippen molar-refractivity contribution in [1.82, 2.24) is 29.1 Å². The van der Waals surface area contributed by atoms with E-state index in [4.69, 9.17) is 89.4 Å². The molecule has 9 N–H and O–H groups in total. The average molecular weight is 1680 g/mol. The van der Waals surface area contributed by atoms with Gasteiger partial charge in [0.25, 0.3) is 0 Å². The summed E-state index contributed by atoms with van der Waals surface area (Å²) in [6.07, 6.45) is 1.38. The van der Waals surface area contributed by atoms with Crippen LogP contribution in [-0.4, -0.2) is 275 Å². The summed E-state index contributed by atoms with van der Waals surface area (Å²) < 4.78 is 76.8. The second kappa shape index (κ2) is 59.0. The SMILES string of the molecule is CCOCCOCC(=O)CCCC(=O)Nc1nc2ccccc2c2c1nc(COCC)n2CC(C)(C)O.CCOCc1nc2c(N)nc3ccccc3c2n1CC(C)(C)O.O=C(O)CCCC(=O)COCCOCC(COCCOCC(=O)CCCC(=O)O)(COCCOCC(=O)CCCC(=O)O)COCCOCC(=O)CCCC(=O)O.[2H]CC. The Labute approximate surface area is 695 Å². The zero-order chi connectivity index (χ0) is 88.7. The predicted molar refractivity (Wildman–Crippen MR) is 439 cm³/mol. The molecule has 4 heterocycles. The minimum atomic E-state index is -0.998. The molecule has 0 spiro atoms. The number of amides is 1. The number of carboxylic acid groups (broad SMARTS) is 4. The number of para-hydroxylation sites is 2. The van der Waals surface area contributed by atoms with Gasteiger partial charge in [0, 0.05) is 96.2 Å². The highest BCUT2D eigenvalue weighted by Gasteiger charge is 2.33. The molecule has 666 valence electrons. The van der Waals surface area contributed by atoms with Crippen LogP contribution in [-0.2, 0) is 131 Å². The van der Waals surface area contributed by atoms with E-state index >= 15 is 0 Å². The number of anilines is 2. The van der Waals surface area contributed by atoms with Crippen LogP contribution in [0.2, 0.25) is 0 Å². The van der Waals surface area contributed by atoms with E-state index in [0.717, 1.165) is 33.1 Å². The number of hydrogen-bond acceptors (Lipinski definition) is 29. The summed E-state index contributed by atoms with van der Waals surface area (Å²) in [5.74, 6) is -3.17. The van der Waals surface area contributed by atoms with Crippen molar-refractivity contribution in [3.05, 3.63) is 60.2 Å². The molecule has 119 heavy (non-hydrogen) atoms. The second-order valence-electron chi connectivity index (χ2n) is 28.8. The van der Waals surface area contributed by atoms with Crippen molar-refractivity contribution >= 4 is 114 Å². The Kier molecular flexibility index (Phi) is 50.8. The van der Waals surface area contributed by atoms with Crippen LogP contribution in [0.1, 0.15) is 172 Å². The summed E-state index contributed by atoms with van der Waals surface area (Å²) >= 11 is 0. The number of nitrogens with one attached hydrogen (secondary N) is 1. The van der Waals surface area contributed by atoms with Crippen molar-refractivity contribution in [1.29, 1.82) is 0 Å². The fourth-order valence-corrected chi connectivity index (χ4v) is 11.4. The number of rotatable bonds is 65. The summed E-state index contributed by atoms with van der Waals surface area (Å²) in [7, 11) is 0. The molecular formula is C83H126N8O28. The van der Waals surface area contributed by atoms with E-state index in [2.05, 4.69) is 20.3 Å². The number of ketones is 5. The molecule has 1 amide bonds. The number of fused-ring (bicyclic) bond motifs is 6. The van der Waals surface area contributed by atoms with Crippen LogP contribution in [0.25, 0.3) is 43.9 Å². The van der Waals surface area contributed by atoms with E-state index in [1.54, 1.807) is 34.6 Å². The number of carbonyl (C=O) groups is 10. The van der Waals surface area contributed by atoms with Gasteiger partial charge in [-0.1, -0.05) is 50.2 Å². The van der Waals surface area contributed by atoms with Crippen LogP contribution >= 0.6 is 0 Å². The van der Waals surface area contributed by atoms with Gasteiger partial charge in [-0.15, -0.1) is 0 Å². The van der Waals surface area contributed by atoms with Crippen molar-refractivity contribution in [3.63, 3.8) is 0 Å². The van der Waals surface area contributed by atoms with Crippen LogP contribution < -0.4 is 11.1 Å². The van der Waals surface area contributed by atoms with Gasteiger partial charge in [-0.05, 0) is 92.7 Å². The van der Waals surface area contributed by atoms with Gasteiger partial charge in [-0.3, -0.25) is 47.9 Å². The van der Waals surface area contributed by atoms with E-state index in [-0.39, 0.29) is 244 Å². The highest BCUT2D eigenvalue weighted by Crippen LogP contribution is 2.33. The number of carbonyl (C=O) groups excluding carboxylic acids is 6. The van der Waals surface area contributed by atoms with Gasteiger partial charge in [-0.25, -0.2) is 19.9 Å². The highest BCUT2D eigenvalue weighted by molar-refractivity contribution is 6.10. The normalized spacial score (nSPS) is 11.7. The topological polar surface area (TPSA) is 502 Å². The maximum absolute atomic E-state index is 12.8. The third-order valence-electron chi connectivity index (χ3n) is 16.8. The predicted octanol–water partition coefficient (Wildman–Crippen LogP) is 8.52. The van der Waals surface area contributed by atoms with Gasteiger partial charge < -0.3 is 108 Å². The first-order valence-corrected chi connectivity index (χ1v) is 40.0. The smallest absolute Gasteiger partial charge is 0.303 e. The van der Waals surface area contributed by atoms with Crippen LogP contribution in [0.5, 0.6) is 0 Å². The Morgan fingerprint density at radius 2 is 0.706 bits per heavy atom. The lowest BCUT2D eigenvalue weighted by molar-refractivity contribution is -0.138.